The maximum absolute atomic E-state index is 12.9. The van der Waals surface area contributed by atoms with Crippen molar-refractivity contribution in [1.29, 1.82) is 0 Å². The number of carbonyl (C=O) groups excluding carboxylic acids is 1. The van der Waals surface area contributed by atoms with Gasteiger partial charge < -0.3 is 5.32 Å². The molecule has 0 radical (unpaired) electrons. The molecule has 7 nitrogen and oxygen atoms in total. The van der Waals surface area contributed by atoms with E-state index in [2.05, 4.69) is 22.4 Å². The molecule has 1 unspecified atom stereocenters. The van der Waals surface area contributed by atoms with Crippen molar-refractivity contribution >= 4 is 22.8 Å². The van der Waals surface area contributed by atoms with Gasteiger partial charge in [0, 0.05) is 6.04 Å². The summed E-state index contributed by atoms with van der Waals surface area (Å²) in [6.45, 7) is 2.10. The summed E-state index contributed by atoms with van der Waals surface area (Å²) >= 11 is 1.57. The van der Waals surface area contributed by atoms with Crippen LogP contribution in [0.4, 0.5) is 0 Å². The summed E-state index contributed by atoms with van der Waals surface area (Å²) in [5.41, 5.74) is 1.12. The van der Waals surface area contributed by atoms with E-state index in [1.165, 1.54) is 54.0 Å². The molecule has 7 rings (SSSR count). The van der Waals surface area contributed by atoms with Crippen LogP contribution >= 0.6 is 11.3 Å². The maximum atomic E-state index is 12.9. The minimum atomic E-state index is -0.296. The molecule has 4 aliphatic carbocycles. The Balaban J connectivity index is 1.19. The first-order chi connectivity index (χ1) is 15.0. The van der Waals surface area contributed by atoms with Gasteiger partial charge in [-0.2, -0.15) is 10.2 Å². The lowest BCUT2D eigenvalue weighted by Crippen LogP contribution is -2.56. The zero-order chi connectivity index (χ0) is 21.2. The van der Waals surface area contributed by atoms with E-state index in [4.69, 9.17) is 0 Å². The fourth-order valence-corrected chi connectivity index (χ4v) is 7.56. The summed E-state index contributed by atoms with van der Waals surface area (Å²) in [6, 6.07) is 5.82. The molecule has 4 saturated carbocycles. The molecule has 3 aromatic heterocycles. The summed E-state index contributed by atoms with van der Waals surface area (Å²) in [5.74, 6) is 2.39. The van der Waals surface area contributed by atoms with Gasteiger partial charge in [-0.1, -0.05) is 6.07 Å². The van der Waals surface area contributed by atoms with Crippen molar-refractivity contribution in [2.45, 2.75) is 58.0 Å². The van der Waals surface area contributed by atoms with Crippen molar-refractivity contribution in [2.75, 3.05) is 0 Å². The number of hydrogen-bond donors (Lipinski definition) is 1. The fourth-order valence-electron chi connectivity index (χ4n) is 6.88. The average molecular weight is 438 g/mol. The Labute approximate surface area is 184 Å². The molecule has 1 atom stereocenters. The zero-order valence-electron chi connectivity index (χ0n) is 17.7. The van der Waals surface area contributed by atoms with E-state index in [1.807, 2.05) is 17.5 Å². The highest BCUT2D eigenvalue weighted by Gasteiger charge is 2.53. The van der Waals surface area contributed by atoms with Crippen LogP contribution in [0.3, 0.4) is 0 Å². The van der Waals surface area contributed by atoms with Gasteiger partial charge in [0.2, 0.25) is 5.91 Å². The third-order valence-electron chi connectivity index (χ3n) is 7.94. The zero-order valence-corrected chi connectivity index (χ0v) is 18.5. The SMILES string of the molecule is CC(NC(=O)Cn1ncn2nc(-c3cccs3)cc2c1=O)C12CC3CC(CC(C3)C1)C2. The normalized spacial score (nSPS) is 30.0. The Morgan fingerprint density at radius 2 is 1.97 bits per heavy atom. The second kappa shape index (κ2) is 7.02. The molecule has 3 aromatic rings. The molecule has 4 aliphatic rings. The number of amides is 1. The van der Waals surface area contributed by atoms with Crippen LogP contribution in [0.2, 0.25) is 0 Å². The second-order valence-electron chi connectivity index (χ2n) is 10.00. The van der Waals surface area contributed by atoms with Gasteiger partial charge in [0.25, 0.3) is 5.56 Å². The summed E-state index contributed by atoms with van der Waals surface area (Å²) in [5, 5.41) is 13.8. The predicted octanol–water partition coefficient (Wildman–Crippen LogP) is 3.34. The van der Waals surface area contributed by atoms with Gasteiger partial charge in [0.15, 0.2) is 0 Å². The first-order valence-corrected chi connectivity index (χ1v) is 12.2. The van der Waals surface area contributed by atoms with Gasteiger partial charge in [-0.15, -0.1) is 11.3 Å². The average Bonchev–Trinajstić information content (AvgIpc) is 3.39. The molecular weight excluding hydrogens is 410 g/mol. The summed E-state index contributed by atoms with van der Waals surface area (Å²) < 4.78 is 2.74. The standard InChI is InChI=1S/C23H27N5O2S/c1-14(23-9-15-5-16(10-23)7-17(6-15)11-23)25-21(29)12-27-22(30)19-8-18(20-3-2-4-31-20)26-28(19)13-24-27/h2-4,8,13-17H,5-7,9-12H2,1H3,(H,25,29). The number of fused-ring (bicyclic) bond motifs is 1. The molecule has 31 heavy (non-hydrogen) atoms. The highest BCUT2D eigenvalue weighted by Crippen LogP contribution is 2.61. The number of nitrogens with zero attached hydrogens (tertiary/aromatic N) is 4. The predicted molar refractivity (Wildman–Crippen MR) is 119 cm³/mol. The van der Waals surface area contributed by atoms with Crippen molar-refractivity contribution in [3.05, 3.63) is 40.3 Å². The molecule has 0 spiro atoms. The number of hydrogen-bond acceptors (Lipinski definition) is 5. The highest BCUT2D eigenvalue weighted by atomic mass is 32.1. The van der Waals surface area contributed by atoms with Gasteiger partial charge in [0.05, 0.1) is 4.88 Å². The van der Waals surface area contributed by atoms with E-state index in [9.17, 15) is 9.59 Å². The minimum absolute atomic E-state index is 0.0639. The van der Waals surface area contributed by atoms with Crippen molar-refractivity contribution in [3.63, 3.8) is 0 Å². The van der Waals surface area contributed by atoms with E-state index in [1.54, 1.807) is 17.4 Å². The first-order valence-electron chi connectivity index (χ1n) is 11.3. The Morgan fingerprint density at radius 1 is 1.26 bits per heavy atom. The number of nitrogens with one attached hydrogen (secondary N) is 1. The largest absolute Gasteiger partial charge is 0.351 e. The van der Waals surface area contributed by atoms with Crippen LogP contribution in [0, 0.1) is 23.2 Å². The van der Waals surface area contributed by atoms with Gasteiger partial charge >= 0.3 is 0 Å². The van der Waals surface area contributed by atoms with Crippen LogP contribution in [0.5, 0.6) is 0 Å². The van der Waals surface area contributed by atoms with Crippen molar-refractivity contribution < 1.29 is 4.79 Å². The Bertz CT molecular complexity index is 1160. The lowest BCUT2D eigenvalue weighted by molar-refractivity contribution is -0.126. The molecule has 0 saturated heterocycles. The maximum Gasteiger partial charge on any atom is 0.293 e. The first kappa shape index (κ1) is 19.2. The number of aromatic nitrogens is 4. The number of thiophene rings is 1. The summed E-state index contributed by atoms with van der Waals surface area (Å²) in [4.78, 5) is 26.8. The van der Waals surface area contributed by atoms with Crippen LogP contribution in [-0.4, -0.2) is 31.3 Å². The molecule has 0 aliphatic heterocycles. The van der Waals surface area contributed by atoms with Crippen LogP contribution < -0.4 is 10.9 Å². The highest BCUT2D eigenvalue weighted by molar-refractivity contribution is 7.13. The Kier molecular flexibility index (Phi) is 4.35. The summed E-state index contributed by atoms with van der Waals surface area (Å²) in [6.07, 6.45) is 9.39. The van der Waals surface area contributed by atoms with Gasteiger partial charge in [-0.3, -0.25) is 9.59 Å². The van der Waals surface area contributed by atoms with Crippen LogP contribution in [-0.2, 0) is 11.3 Å². The fraction of sp³-hybridized carbons (Fsp3) is 0.565. The number of carbonyl (C=O) groups is 1. The van der Waals surface area contributed by atoms with E-state index >= 15 is 0 Å². The molecule has 1 amide bonds. The van der Waals surface area contributed by atoms with Gasteiger partial charge in [-0.25, -0.2) is 9.20 Å². The Hall–Kier alpha value is -2.48. The van der Waals surface area contributed by atoms with Crippen molar-refractivity contribution in [2.24, 2.45) is 23.2 Å². The molecule has 3 heterocycles. The van der Waals surface area contributed by atoms with Crippen molar-refractivity contribution in [1.82, 2.24) is 24.7 Å². The molecule has 1 N–H and O–H groups in total. The van der Waals surface area contributed by atoms with Crippen molar-refractivity contribution in [3.8, 4) is 10.6 Å². The topological polar surface area (TPSA) is 81.3 Å². The minimum Gasteiger partial charge on any atom is -0.351 e. The third-order valence-corrected chi connectivity index (χ3v) is 8.83. The van der Waals surface area contributed by atoms with E-state index in [-0.39, 0.29) is 29.5 Å². The molecule has 162 valence electrons. The molecule has 0 aromatic carbocycles. The monoisotopic (exact) mass is 437 g/mol. The van der Waals surface area contributed by atoms with Gasteiger partial charge in [-0.05, 0) is 86.1 Å². The molecule has 4 bridgehead atoms. The Morgan fingerprint density at radius 3 is 2.61 bits per heavy atom. The number of rotatable bonds is 5. The van der Waals surface area contributed by atoms with Crippen LogP contribution in [0.15, 0.2) is 34.7 Å². The molecule has 8 heteroatoms. The summed E-state index contributed by atoms with van der Waals surface area (Å²) in [7, 11) is 0. The third kappa shape index (κ3) is 3.23. The molecule has 4 fully saturated rings. The quantitative estimate of drug-likeness (QED) is 0.664. The second-order valence-corrected chi connectivity index (χ2v) is 10.9. The van der Waals surface area contributed by atoms with E-state index in [0.717, 1.165) is 28.3 Å². The van der Waals surface area contributed by atoms with Crippen LogP contribution in [0.25, 0.3) is 16.1 Å². The van der Waals surface area contributed by atoms with E-state index in [0.29, 0.717) is 5.52 Å². The molecular formula is C23H27N5O2S. The van der Waals surface area contributed by atoms with E-state index < -0.39 is 0 Å². The smallest absolute Gasteiger partial charge is 0.293 e. The van der Waals surface area contributed by atoms with Gasteiger partial charge in [0.1, 0.15) is 24.1 Å². The lowest BCUT2D eigenvalue weighted by atomic mass is 9.48. The lowest BCUT2D eigenvalue weighted by Gasteiger charge is -2.59. The van der Waals surface area contributed by atoms with Crippen LogP contribution in [0.1, 0.15) is 45.4 Å².